The van der Waals surface area contributed by atoms with Gasteiger partial charge in [0.15, 0.2) is 5.56 Å². The number of rotatable bonds is 4. The van der Waals surface area contributed by atoms with Gasteiger partial charge in [0.05, 0.1) is 13.7 Å². The minimum absolute atomic E-state index is 0. The van der Waals surface area contributed by atoms with Crippen molar-refractivity contribution in [2.45, 2.75) is 19.9 Å². The van der Waals surface area contributed by atoms with Crippen LogP contribution < -0.4 is 10.3 Å². The molecule has 0 atom stereocenters. The van der Waals surface area contributed by atoms with Crippen molar-refractivity contribution in [1.29, 1.82) is 0 Å². The van der Waals surface area contributed by atoms with Gasteiger partial charge in [-0.2, -0.15) is 12.1 Å². The van der Waals surface area contributed by atoms with Crippen LogP contribution in [0.4, 0.5) is 8.78 Å². The van der Waals surface area contributed by atoms with E-state index < -0.39 is 18.5 Å². The first-order valence-corrected chi connectivity index (χ1v) is 6.07. The Kier molecular flexibility index (Phi) is 6.68. The maximum absolute atomic E-state index is 12.6. The molecule has 0 aliphatic heterocycles. The van der Waals surface area contributed by atoms with E-state index in [9.17, 15) is 13.6 Å². The number of halogens is 2. The first-order valence-electron chi connectivity index (χ1n) is 6.07. The first-order chi connectivity index (χ1) is 9.52. The average Bonchev–Trinajstić information content (AvgIpc) is 2.41. The van der Waals surface area contributed by atoms with Gasteiger partial charge in [0, 0.05) is 32.7 Å². The van der Waals surface area contributed by atoms with Gasteiger partial charge in [-0.15, -0.1) is 6.07 Å². The maximum atomic E-state index is 12.6. The maximum Gasteiger partial charge on any atom is 0.256 e. The second kappa shape index (κ2) is 7.80. The largest absolute Gasteiger partial charge is 0.497 e. The van der Waals surface area contributed by atoms with Crippen molar-refractivity contribution in [1.82, 2.24) is 4.57 Å². The number of pyridine rings is 1. The van der Waals surface area contributed by atoms with Gasteiger partial charge in [0.25, 0.3) is 6.43 Å². The van der Waals surface area contributed by atoms with Gasteiger partial charge < -0.3 is 9.30 Å². The Morgan fingerprint density at radius 1 is 1.33 bits per heavy atom. The van der Waals surface area contributed by atoms with E-state index in [0.717, 1.165) is 10.1 Å². The second-order valence-electron chi connectivity index (χ2n) is 4.35. The number of ether oxygens (including phenoxy) is 1. The van der Waals surface area contributed by atoms with Gasteiger partial charge in [0.2, 0.25) is 0 Å². The monoisotopic (exact) mass is 367 g/mol. The standard InChI is InChI=1S/C15H14F2NO2.Y/c1-10-8-11(20-2)6-7-12(10)13-4-3-5-15(19)18(13)9-14(16)17;/h3,5-8,14H,9H2,1-2H3;/q-1;. The van der Waals surface area contributed by atoms with Crippen molar-refractivity contribution >= 4 is 0 Å². The van der Waals surface area contributed by atoms with E-state index in [0.29, 0.717) is 17.0 Å². The van der Waals surface area contributed by atoms with Gasteiger partial charge in [-0.1, -0.05) is 29.8 Å². The predicted octanol–water partition coefficient (Wildman–Crippen LogP) is 2.90. The normalized spacial score (nSPS) is 10.3. The average molecular weight is 367 g/mol. The molecule has 0 spiro atoms. The molecular weight excluding hydrogens is 353 g/mol. The summed E-state index contributed by atoms with van der Waals surface area (Å²) < 4.78 is 31.4. The van der Waals surface area contributed by atoms with Crippen LogP contribution in [-0.4, -0.2) is 18.1 Å². The molecule has 21 heavy (non-hydrogen) atoms. The van der Waals surface area contributed by atoms with Gasteiger partial charge in [0.1, 0.15) is 5.75 Å². The summed E-state index contributed by atoms with van der Waals surface area (Å²) in [5.41, 5.74) is 1.41. The number of hydrogen-bond donors (Lipinski definition) is 0. The van der Waals surface area contributed by atoms with E-state index >= 15 is 0 Å². The molecule has 2 rings (SSSR count). The molecule has 0 fully saturated rings. The molecule has 2 aromatic rings. The third-order valence-corrected chi connectivity index (χ3v) is 2.99. The van der Waals surface area contributed by atoms with E-state index in [1.54, 1.807) is 25.3 Å². The van der Waals surface area contributed by atoms with E-state index in [4.69, 9.17) is 4.74 Å². The summed E-state index contributed by atoms with van der Waals surface area (Å²) in [4.78, 5) is 11.8. The van der Waals surface area contributed by atoms with Crippen molar-refractivity contribution < 1.29 is 46.2 Å². The van der Waals surface area contributed by atoms with Crippen molar-refractivity contribution in [3.63, 3.8) is 0 Å². The molecule has 1 aromatic carbocycles. The third kappa shape index (κ3) is 4.20. The van der Waals surface area contributed by atoms with Crippen molar-refractivity contribution in [3.8, 4) is 17.0 Å². The topological polar surface area (TPSA) is 31.2 Å². The molecule has 0 saturated carbocycles. The summed E-state index contributed by atoms with van der Waals surface area (Å²) in [6.07, 6.45) is -2.60. The zero-order valence-corrected chi connectivity index (χ0v) is 14.6. The number of hydrogen-bond acceptors (Lipinski definition) is 2. The summed E-state index contributed by atoms with van der Waals surface area (Å²) in [5.74, 6) is 0.671. The molecule has 0 saturated heterocycles. The minimum atomic E-state index is -2.60. The summed E-state index contributed by atoms with van der Waals surface area (Å²) >= 11 is 0. The fraction of sp³-hybridized carbons (Fsp3) is 0.267. The number of methoxy groups -OCH3 is 1. The Morgan fingerprint density at radius 3 is 2.62 bits per heavy atom. The van der Waals surface area contributed by atoms with Crippen molar-refractivity contribution in [2.75, 3.05) is 7.11 Å². The molecule has 0 N–H and O–H groups in total. The number of benzene rings is 1. The molecule has 0 aliphatic rings. The molecular formula is C15H14F2NO2Y-. The van der Waals surface area contributed by atoms with Crippen molar-refractivity contribution in [2.24, 2.45) is 0 Å². The summed E-state index contributed by atoms with van der Waals surface area (Å²) in [6, 6.07) is 10.8. The SMILES string of the molecule is COc1ccc(-c2[c-]ccc(=O)n2CC(F)F)c(C)c1.[Y]. The number of aryl methyl sites for hydroxylation is 1. The molecule has 1 radical (unpaired) electrons. The van der Waals surface area contributed by atoms with E-state index in [1.807, 2.05) is 6.92 Å². The smallest absolute Gasteiger partial charge is 0.256 e. The summed E-state index contributed by atoms with van der Waals surface area (Å²) in [7, 11) is 1.55. The fourth-order valence-corrected chi connectivity index (χ4v) is 2.04. The van der Waals surface area contributed by atoms with Crippen LogP contribution in [0.25, 0.3) is 11.3 Å². The third-order valence-electron chi connectivity index (χ3n) is 2.99. The molecule has 3 nitrogen and oxygen atoms in total. The Labute approximate surface area is 146 Å². The Hall–Kier alpha value is -1.07. The number of aromatic nitrogens is 1. The minimum Gasteiger partial charge on any atom is -0.497 e. The van der Waals surface area contributed by atoms with Gasteiger partial charge >= 0.3 is 0 Å². The van der Waals surface area contributed by atoms with Crippen LogP contribution in [0.2, 0.25) is 0 Å². The quantitative estimate of drug-likeness (QED) is 0.779. The Morgan fingerprint density at radius 2 is 2.05 bits per heavy atom. The van der Waals surface area contributed by atoms with Crippen LogP contribution >= 0.6 is 0 Å². The summed E-state index contributed by atoms with van der Waals surface area (Å²) in [6.45, 7) is 1.19. The molecule has 0 unspecified atom stereocenters. The van der Waals surface area contributed by atoms with Crippen LogP contribution in [0, 0.1) is 13.0 Å². The van der Waals surface area contributed by atoms with Gasteiger partial charge in [-0.3, -0.25) is 4.79 Å². The molecule has 6 heteroatoms. The number of nitrogens with zero attached hydrogens (tertiary/aromatic N) is 1. The van der Waals surface area contributed by atoms with E-state index in [-0.39, 0.29) is 32.7 Å². The zero-order valence-electron chi connectivity index (χ0n) is 11.8. The van der Waals surface area contributed by atoms with Crippen molar-refractivity contribution in [3.05, 3.63) is 52.3 Å². The zero-order chi connectivity index (χ0) is 14.7. The molecule has 0 aliphatic carbocycles. The predicted molar refractivity (Wildman–Crippen MR) is 72.3 cm³/mol. The Bertz CT molecular complexity index is 671. The van der Waals surface area contributed by atoms with E-state index in [1.165, 1.54) is 12.1 Å². The second-order valence-corrected chi connectivity index (χ2v) is 4.35. The van der Waals surface area contributed by atoms with Crippen LogP contribution in [0.15, 0.2) is 35.1 Å². The fourth-order valence-electron chi connectivity index (χ4n) is 2.04. The van der Waals surface area contributed by atoms with Gasteiger partial charge in [-0.25, -0.2) is 8.78 Å². The van der Waals surface area contributed by atoms with Crippen LogP contribution in [0.5, 0.6) is 5.75 Å². The molecule has 0 amide bonds. The summed E-state index contributed by atoms with van der Waals surface area (Å²) in [5, 5.41) is 0. The van der Waals surface area contributed by atoms with E-state index in [2.05, 4.69) is 6.07 Å². The van der Waals surface area contributed by atoms with Crippen LogP contribution in [0.3, 0.4) is 0 Å². The first kappa shape index (κ1) is 18.0. The molecule has 1 heterocycles. The van der Waals surface area contributed by atoms with Crippen LogP contribution in [-0.2, 0) is 39.3 Å². The van der Waals surface area contributed by atoms with Gasteiger partial charge in [-0.05, 0) is 12.1 Å². The molecule has 0 bridgehead atoms. The number of alkyl halides is 2. The van der Waals surface area contributed by atoms with Crippen LogP contribution in [0.1, 0.15) is 5.56 Å². The Balaban J connectivity index is 0.00000220. The molecule has 109 valence electrons. The molecule has 1 aromatic heterocycles.